The van der Waals surface area contributed by atoms with Gasteiger partial charge in [0.15, 0.2) is 0 Å². The van der Waals surface area contributed by atoms with E-state index in [9.17, 15) is 13.2 Å². The van der Waals surface area contributed by atoms with E-state index in [1.807, 2.05) is 0 Å². The molecule has 1 N–H and O–H groups in total. The molecule has 0 aromatic rings. The van der Waals surface area contributed by atoms with Gasteiger partial charge in [0.05, 0.1) is 6.61 Å². The lowest BCUT2D eigenvalue weighted by atomic mass is 9.71. The van der Waals surface area contributed by atoms with Crippen LogP contribution in [0.4, 0.5) is 13.2 Å². The summed E-state index contributed by atoms with van der Waals surface area (Å²) in [6.07, 6.45) is 7.54. The van der Waals surface area contributed by atoms with Crippen molar-refractivity contribution in [2.45, 2.75) is 70.0 Å². The first-order valence-electron chi connectivity index (χ1n) is 8.44. The fraction of sp³-hybridized carbons (Fsp3) is 1.00. The molecule has 124 valence electrons. The van der Waals surface area contributed by atoms with Crippen LogP contribution in [0, 0.1) is 11.8 Å². The van der Waals surface area contributed by atoms with Gasteiger partial charge in [-0.1, -0.05) is 44.9 Å². The van der Waals surface area contributed by atoms with Crippen LogP contribution < -0.4 is 5.32 Å². The normalized spacial score (nSPS) is 28.7. The lowest BCUT2D eigenvalue weighted by Gasteiger charge is -2.39. The Morgan fingerprint density at radius 3 is 2.29 bits per heavy atom. The van der Waals surface area contributed by atoms with Crippen LogP contribution in [-0.2, 0) is 4.74 Å². The molecule has 2 atom stereocenters. The van der Waals surface area contributed by atoms with E-state index in [1.54, 1.807) is 0 Å². The molecule has 2 rings (SSSR count). The second-order valence-electron chi connectivity index (χ2n) is 6.57. The predicted molar refractivity (Wildman–Crippen MR) is 77.2 cm³/mol. The molecule has 5 heteroatoms. The minimum Gasteiger partial charge on any atom is -0.371 e. The van der Waals surface area contributed by atoms with E-state index >= 15 is 0 Å². The van der Waals surface area contributed by atoms with Crippen molar-refractivity contribution in [3.8, 4) is 0 Å². The molecule has 2 aliphatic carbocycles. The smallest absolute Gasteiger partial charge is 0.371 e. The molecule has 0 bridgehead atoms. The zero-order valence-electron chi connectivity index (χ0n) is 12.8. The van der Waals surface area contributed by atoms with E-state index in [1.165, 1.54) is 57.8 Å². The van der Waals surface area contributed by atoms with E-state index in [-0.39, 0.29) is 6.61 Å². The average molecular weight is 307 g/mol. The zero-order valence-corrected chi connectivity index (χ0v) is 12.8. The third-order valence-electron chi connectivity index (χ3n) is 4.99. The van der Waals surface area contributed by atoms with Crippen molar-refractivity contribution in [1.82, 2.24) is 5.32 Å². The highest BCUT2D eigenvalue weighted by atomic mass is 19.4. The molecule has 0 amide bonds. The molecular weight excluding hydrogens is 279 g/mol. The highest BCUT2D eigenvalue weighted by Gasteiger charge is 2.32. The van der Waals surface area contributed by atoms with Gasteiger partial charge in [-0.25, -0.2) is 0 Å². The first-order chi connectivity index (χ1) is 10.1. The molecule has 0 aromatic carbocycles. The number of rotatable bonds is 6. The van der Waals surface area contributed by atoms with E-state index in [2.05, 4.69) is 10.1 Å². The Labute approximate surface area is 125 Å². The molecule has 0 radical (unpaired) electrons. The second kappa shape index (κ2) is 8.37. The van der Waals surface area contributed by atoms with Gasteiger partial charge >= 0.3 is 6.18 Å². The summed E-state index contributed by atoms with van der Waals surface area (Å²) < 4.78 is 40.7. The number of alkyl halides is 3. The number of halogens is 3. The molecule has 0 saturated heterocycles. The van der Waals surface area contributed by atoms with Crippen LogP contribution >= 0.6 is 0 Å². The summed E-state index contributed by atoms with van der Waals surface area (Å²) in [7, 11) is 0. The van der Waals surface area contributed by atoms with Gasteiger partial charge in [-0.3, -0.25) is 0 Å². The summed E-state index contributed by atoms with van der Waals surface area (Å²) in [6, 6.07) is 0.483. The quantitative estimate of drug-likeness (QED) is 0.739. The SMILES string of the molecule is FC(F)(F)COCCNC1CCCCC1C1CCCCC1. The summed E-state index contributed by atoms with van der Waals surface area (Å²) >= 11 is 0. The number of nitrogens with one attached hydrogen (secondary N) is 1. The van der Waals surface area contributed by atoms with Gasteiger partial charge < -0.3 is 10.1 Å². The van der Waals surface area contributed by atoms with Crippen LogP contribution in [0.15, 0.2) is 0 Å². The van der Waals surface area contributed by atoms with Crippen LogP contribution in [0.5, 0.6) is 0 Å². The molecule has 2 saturated carbocycles. The molecule has 2 nitrogen and oxygen atoms in total. The summed E-state index contributed by atoms with van der Waals surface area (Å²) in [6.45, 7) is -0.456. The van der Waals surface area contributed by atoms with Crippen LogP contribution in [0.2, 0.25) is 0 Å². The van der Waals surface area contributed by atoms with Crippen molar-refractivity contribution in [3.05, 3.63) is 0 Å². The summed E-state index contributed by atoms with van der Waals surface area (Å²) in [4.78, 5) is 0. The Bertz CT molecular complexity index is 290. The average Bonchev–Trinajstić information content (AvgIpc) is 2.47. The fourth-order valence-corrected chi connectivity index (χ4v) is 4.04. The van der Waals surface area contributed by atoms with Crippen molar-refractivity contribution in [2.75, 3.05) is 19.8 Å². The first kappa shape index (κ1) is 17.1. The fourth-order valence-electron chi connectivity index (χ4n) is 4.04. The highest BCUT2D eigenvalue weighted by molar-refractivity contribution is 4.86. The van der Waals surface area contributed by atoms with Gasteiger partial charge in [-0.05, 0) is 24.7 Å². The van der Waals surface area contributed by atoms with Crippen LogP contribution in [-0.4, -0.2) is 32.0 Å². The van der Waals surface area contributed by atoms with E-state index in [4.69, 9.17) is 0 Å². The van der Waals surface area contributed by atoms with Gasteiger partial charge in [0.25, 0.3) is 0 Å². The predicted octanol–water partition coefficient (Wildman–Crippen LogP) is 4.29. The standard InChI is InChI=1S/C16H28F3NO/c17-16(18,19)12-21-11-10-20-15-9-5-4-8-14(15)13-6-2-1-3-7-13/h13-15,20H,1-12H2. The number of ether oxygens (including phenoxy) is 1. The van der Waals surface area contributed by atoms with Gasteiger partial charge in [-0.15, -0.1) is 0 Å². The Morgan fingerprint density at radius 1 is 0.905 bits per heavy atom. The van der Waals surface area contributed by atoms with E-state index < -0.39 is 12.8 Å². The lowest BCUT2D eigenvalue weighted by Crippen LogP contribution is -2.43. The molecule has 21 heavy (non-hydrogen) atoms. The summed E-state index contributed by atoms with van der Waals surface area (Å²) in [5, 5.41) is 3.46. The minimum atomic E-state index is -4.21. The highest BCUT2D eigenvalue weighted by Crippen LogP contribution is 2.38. The molecule has 2 fully saturated rings. The minimum absolute atomic E-state index is 0.146. The lowest BCUT2D eigenvalue weighted by molar-refractivity contribution is -0.173. The van der Waals surface area contributed by atoms with Crippen LogP contribution in [0.1, 0.15) is 57.8 Å². The molecule has 2 unspecified atom stereocenters. The largest absolute Gasteiger partial charge is 0.411 e. The summed E-state index contributed by atoms with van der Waals surface area (Å²) in [5.41, 5.74) is 0. The Hall–Kier alpha value is -0.290. The molecule has 0 heterocycles. The van der Waals surface area contributed by atoms with Crippen molar-refractivity contribution in [2.24, 2.45) is 11.8 Å². The van der Waals surface area contributed by atoms with Gasteiger partial charge in [-0.2, -0.15) is 13.2 Å². The van der Waals surface area contributed by atoms with Crippen molar-refractivity contribution < 1.29 is 17.9 Å². The van der Waals surface area contributed by atoms with Crippen LogP contribution in [0.25, 0.3) is 0 Å². The maximum absolute atomic E-state index is 12.0. The van der Waals surface area contributed by atoms with Gasteiger partial charge in [0, 0.05) is 12.6 Å². The Kier molecular flexibility index (Phi) is 6.80. The molecule has 2 aliphatic rings. The van der Waals surface area contributed by atoms with Crippen molar-refractivity contribution in [3.63, 3.8) is 0 Å². The van der Waals surface area contributed by atoms with Gasteiger partial charge in [0.1, 0.15) is 6.61 Å². The maximum atomic E-state index is 12.0. The summed E-state index contributed by atoms with van der Waals surface area (Å²) in [5.74, 6) is 1.55. The van der Waals surface area contributed by atoms with Crippen LogP contribution in [0.3, 0.4) is 0 Å². The first-order valence-corrected chi connectivity index (χ1v) is 8.44. The Balaban J connectivity index is 1.69. The van der Waals surface area contributed by atoms with Gasteiger partial charge in [0.2, 0.25) is 0 Å². The zero-order chi connectivity index (χ0) is 15.1. The topological polar surface area (TPSA) is 21.3 Å². The van der Waals surface area contributed by atoms with E-state index in [0.29, 0.717) is 12.6 Å². The number of hydrogen-bond acceptors (Lipinski definition) is 2. The monoisotopic (exact) mass is 307 g/mol. The van der Waals surface area contributed by atoms with E-state index in [0.717, 1.165) is 11.8 Å². The molecule has 0 aliphatic heterocycles. The third-order valence-corrected chi connectivity index (χ3v) is 4.99. The number of hydrogen-bond donors (Lipinski definition) is 1. The molecule has 0 aromatic heterocycles. The molecule has 0 spiro atoms. The Morgan fingerprint density at radius 2 is 1.57 bits per heavy atom. The maximum Gasteiger partial charge on any atom is 0.411 e. The molecular formula is C16H28F3NO. The van der Waals surface area contributed by atoms with Crippen molar-refractivity contribution >= 4 is 0 Å². The van der Waals surface area contributed by atoms with Crippen molar-refractivity contribution in [1.29, 1.82) is 0 Å². The third kappa shape index (κ3) is 6.15. The second-order valence-corrected chi connectivity index (χ2v) is 6.57.